The molecule has 1 aliphatic heterocycles. The highest BCUT2D eigenvalue weighted by Gasteiger charge is 2.19. The zero-order chi connectivity index (χ0) is 18.4. The summed E-state index contributed by atoms with van der Waals surface area (Å²) in [6, 6.07) is 8.07. The normalized spacial score (nSPS) is 14.9. The van der Waals surface area contributed by atoms with Crippen molar-refractivity contribution in [1.29, 1.82) is 0 Å². The third-order valence-corrected chi connectivity index (χ3v) is 4.88. The number of anilines is 1. The lowest BCUT2D eigenvalue weighted by Gasteiger charge is -2.37. The van der Waals surface area contributed by atoms with E-state index in [9.17, 15) is 0 Å². The molecule has 0 radical (unpaired) electrons. The Hall–Kier alpha value is -1.48. The predicted octanol–water partition coefficient (Wildman–Crippen LogP) is 3.02. The van der Waals surface area contributed by atoms with Crippen LogP contribution in [0.5, 0.6) is 0 Å². The minimum absolute atomic E-state index is 0. The van der Waals surface area contributed by atoms with Crippen LogP contribution in [0.2, 0.25) is 5.02 Å². The first-order valence-corrected chi connectivity index (χ1v) is 9.47. The Balaban J connectivity index is 0.00000261. The molecule has 8 heteroatoms. The van der Waals surface area contributed by atoms with Crippen LogP contribution >= 0.6 is 35.6 Å². The van der Waals surface area contributed by atoms with Gasteiger partial charge in [0.25, 0.3) is 0 Å². The first kappa shape index (κ1) is 21.8. The summed E-state index contributed by atoms with van der Waals surface area (Å²) in [6.45, 7) is 4.76. The summed E-state index contributed by atoms with van der Waals surface area (Å²) in [5.41, 5.74) is 2.47. The quantitative estimate of drug-likeness (QED) is 0.296. The van der Waals surface area contributed by atoms with E-state index in [1.54, 1.807) is 0 Å². The van der Waals surface area contributed by atoms with Gasteiger partial charge in [0.1, 0.15) is 0 Å². The molecule has 0 aliphatic carbocycles. The van der Waals surface area contributed by atoms with Gasteiger partial charge in [0, 0.05) is 63.7 Å². The number of aromatic nitrogens is 2. The summed E-state index contributed by atoms with van der Waals surface area (Å²) in [7, 11) is 3.80. The number of nitrogens with zero attached hydrogens (tertiary/aromatic N) is 5. The zero-order valence-corrected chi connectivity index (χ0v) is 19.0. The smallest absolute Gasteiger partial charge is 0.193 e. The molecule has 2 aromatic rings. The number of guanidine groups is 1. The lowest BCUT2D eigenvalue weighted by Crippen LogP contribution is -2.52. The molecule has 148 valence electrons. The van der Waals surface area contributed by atoms with Crippen LogP contribution in [-0.4, -0.2) is 60.4 Å². The zero-order valence-electron chi connectivity index (χ0n) is 15.9. The number of piperazine rings is 1. The molecule has 1 aromatic heterocycles. The largest absolute Gasteiger partial charge is 0.368 e. The van der Waals surface area contributed by atoms with Crippen molar-refractivity contribution < 1.29 is 0 Å². The van der Waals surface area contributed by atoms with Crippen LogP contribution < -0.4 is 10.2 Å². The van der Waals surface area contributed by atoms with E-state index in [-0.39, 0.29) is 24.0 Å². The first-order valence-electron chi connectivity index (χ1n) is 9.09. The Morgan fingerprint density at radius 2 is 2.04 bits per heavy atom. The maximum absolute atomic E-state index is 6.11. The van der Waals surface area contributed by atoms with E-state index in [1.807, 2.05) is 43.2 Å². The van der Waals surface area contributed by atoms with Crippen molar-refractivity contribution in [3.05, 3.63) is 47.2 Å². The average molecular weight is 503 g/mol. The minimum atomic E-state index is 0. The Kier molecular flexibility index (Phi) is 8.69. The highest BCUT2D eigenvalue weighted by molar-refractivity contribution is 14.0. The van der Waals surface area contributed by atoms with Crippen LogP contribution in [0.1, 0.15) is 12.0 Å². The fourth-order valence-corrected chi connectivity index (χ4v) is 3.46. The molecule has 3 rings (SSSR count). The van der Waals surface area contributed by atoms with Crippen molar-refractivity contribution in [1.82, 2.24) is 20.0 Å². The molecule has 1 aromatic carbocycles. The van der Waals surface area contributed by atoms with Gasteiger partial charge in [0.05, 0.1) is 6.20 Å². The second kappa shape index (κ2) is 10.8. The van der Waals surface area contributed by atoms with E-state index < -0.39 is 0 Å². The molecule has 2 heterocycles. The molecule has 0 atom stereocenters. The number of nitrogens with one attached hydrogen (secondary N) is 1. The van der Waals surface area contributed by atoms with E-state index in [4.69, 9.17) is 11.6 Å². The second-order valence-electron chi connectivity index (χ2n) is 6.55. The fourth-order valence-electron chi connectivity index (χ4n) is 3.28. The third kappa shape index (κ3) is 6.27. The highest BCUT2D eigenvalue weighted by Crippen LogP contribution is 2.20. The summed E-state index contributed by atoms with van der Waals surface area (Å²) in [5.74, 6) is 0.988. The van der Waals surface area contributed by atoms with Gasteiger partial charge in [0.15, 0.2) is 5.96 Å². The molecule has 0 spiro atoms. The Bertz CT molecular complexity index is 739. The maximum atomic E-state index is 6.11. The third-order valence-electron chi connectivity index (χ3n) is 4.65. The van der Waals surface area contributed by atoms with E-state index in [1.165, 1.54) is 11.3 Å². The molecule has 1 aliphatic rings. The second-order valence-corrected chi connectivity index (χ2v) is 6.99. The maximum Gasteiger partial charge on any atom is 0.193 e. The van der Waals surface area contributed by atoms with Gasteiger partial charge >= 0.3 is 0 Å². The fraction of sp³-hybridized carbons (Fsp3) is 0.474. The van der Waals surface area contributed by atoms with Crippen molar-refractivity contribution in [3.8, 4) is 0 Å². The van der Waals surface area contributed by atoms with Crippen LogP contribution in [-0.2, 0) is 13.5 Å². The molecule has 0 bridgehead atoms. The van der Waals surface area contributed by atoms with E-state index >= 15 is 0 Å². The van der Waals surface area contributed by atoms with E-state index in [2.05, 4.69) is 37.5 Å². The monoisotopic (exact) mass is 502 g/mol. The summed E-state index contributed by atoms with van der Waals surface area (Å²) in [5, 5.41) is 8.49. The standard InChI is InChI=1S/C19H27ClN6.HI/c1-21-19(22-8-4-5-16-14-23-24(2)15-16)26-11-9-25(10-12-26)18-7-3-6-17(20)13-18;/h3,6-7,13-15H,4-5,8-12H2,1-2H3,(H,21,22);1H. The Morgan fingerprint density at radius 1 is 1.26 bits per heavy atom. The Morgan fingerprint density at radius 3 is 2.67 bits per heavy atom. The van der Waals surface area contributed by atoms with Crippen molar-refractivity contribution in [2.75, 3.05) is 44.7 Å². The van der Waals surface area contributed by atoms with Crippen molar-refractivity contribution >= 4 is 47.2 Å². The van der Waals surface area contributed by atoms with Crippen molar-refractivity contribution in [3.63, 3.8) is 0 Å². The molecule has 1 fully saturated rings. The van der Waals surface area contributed by atoms with E-state index in [0.29, 0.717) is 0 Å². The van der Waals surface area contributed by atoms with Gasteiger partial charge in [-0.1, -0.05) is 17.7 Å². The van der Waals surface area contributed by atoms with E-state index in [0.717, 1.165) is 56.5 Å². The predicted molar refractivity (Wildman–Crippen MR) is 124 cm³/mol. The number of hydrogen-bond acceptors (Lipinski definition) is 3. The number of rotatable bonds is 5. The van der Waals surface area contributed by atoms with Gasteiger partial charge in [-0.3, -0.25) is 9.67 Å². The number of aryl methyl sites for hydroxylation is 2. The average Bonchev–Trinajstić information content (AvgIpc) is 3.07. The summed E-state index contributed by atoms with van der Waals surface area (Å²) in [4.78, 5) is 9.15. The topological polar surface area (TPSA) is 48.7 Å². The summed E-state index contributed by atoms with van der Waals surface area (Å²) in [6.07, 6.45) is 6.10. The number of benzene rings is 1. The highest BCUT2D eigenvalue weighted by atomic mass is 127. The van der Waals surface area contributed by atoms with Gasteiger partial charge in [-0.05, 0) is 36.6 Å². The molecular weight excluding hydrogens is 475 g/mol. The molecule has 1 N–H and O–H groups in total. The van der Waals surface area contributed by atoms with Crippen LogP contribution in [0.3, 0.4) is 0 Å². The lowest BCUT2D eigenvalue weighted by molar-refractivity contribution is 0.372. The number of hydrogen-bond donors (Lipinski definition) is 1. The molecule has 1 saturated heterocycles. The molecule has 6 nitrogen and oxygen atoms in total. The van der Waals surface area contributed by atoms with Crippen LogP contribution in [0.4, 0.5) is 5.69 Å². The first-order chi connectivity index (χ1) is 12.7. The van der Waals surface area contributed by atoms with Crippen LogP contribution in [0.25, 0.3) is 0 Å². The number of aliphatic imine (C=N–C) groups is 1. The van der Waals surface area contributed by atoms with Crippen molar-refractivity contribution in [2.24, 2.45) is 12.0 Å². The van der Waals surface area contributed by atoms with Gasteiger partial charge in [-0.2, -0.15) is 5.10 Å². The van der Waals surface area contributed by atoms with Crippen LogP contribution in [0, 0.1) is 0 Å². The molecular formula is C19H28ClIN6. The molecule has 0 saturated carbocycles. The number of halogens is 2. The Labute approximate surface area is 183 Å². The minimum Gasteiger partial charge on any atom is -0.368 e. The van der Waals surface area contributed by atoms with Crippen molar-refractivity contribution in [2.45, 2.75) is 12.8 Å². The summed E-state index contributed by atoms with van der Waals surface area (Å²) < 4.78 is 1.85. The summed E-state index contributed by atoms with van der Waals surface area (Å²) >= 11 is 6.11. The SMILES string of the molecule is CN=C(NCCCc1cnn(C)c1)N1CCN(c2cccc(Cl)c2)CC1.I. The molecule has 0 amide bonds. The van der Waals surface area contributed by atoms with Gasteiger partial charge in [-0.15, -0.1) is 24.0 Å². The van der Waals surface area contributed by atoms with Gasteiger partial charge in [-0.25, -0.2) is 0 Å². The lowest BCUT2D eigenvalue weighted by atomic mass is 10.2. The van der Waals surface area contributed by atoms with Gasteiger partial charge in [0.2, 0.25) is 0 Å². The van der Waals surface area contributed by atoms with Crippen LogP contribution in [0.15, 0.2) is 41.7 Å². The molecule has 0 unspecified atom stereocenters. The van der Waals surface area contributed by atoms with Gasteiger partial charge < -0.3 is 15.1 Å². The molecule has 27 heavy (non-hydrogen) atoms.